The van der Waals surface area contributed by atoms with Gasteiger partial charge in [-0.3, -0.25) is 9.78 Å². The largest absolute Gasteiger partial charge is 0.465 e. The lowest BCUT2D eigenvalue weighted by molar-refractivity contribution is 0.0600. The fraction of sp³-hybridized carbons (Fsp3) is 0.0500. The summed E-state index contributed by atoms with van der Waals surface area (Å²) in [6.07, 6.45) is 2.98. The Labute approximate surface area is 155 Å². The Morgan fingerprint density at radius 2 is 1.67 bits per heavy atom. The number of anilines is 3. The zero-order valence-electron chi connectivity index (χ0n) is 14.4. The highest BCUT2D eigenvalue weighted by Gasteiger charge is 2.09. The molecule has 7 heteroatoms. The monoisotopic (exact) mass is 365 g/mol. The standard InChI is InChI=1S/C20H16FN3O3/c1-27-20(26)13-3-2-4-17(9-13)23-18-10-14(11-22-12-18)19(25)24-16-7-5-15(21)6-8-16/h2-12,23H,1H3,(H,24,25). The number of nitrogens with one attached hydrogen (secondary N) is 2. The van der Waals surface area contributed by atoms with E-state index in [0.29, 0.717) is 28.2 Å². The van der Waals surface area contributed by atoms with Crippen molar-refractivity contribution in [1.82, 2.24) is 4.98 Å². The molecule has 6 nitrogen and oxygen atoms in total. The average molecular weight is 365 g/mol. The first-order chi connectivity index (χ1) is 13.0. The average Bonchev–Trinajstić information content (AvgIpc) is 2.69. The van der Waals surface area contributed by atoms with Crippen molar-refractivity contribution in [1.29, 1.82) is 0 Å². The van der Waals surface area contributed by atoms with Crippen LogP contribution in [0, 0.1) is 5.82 Å². The highest BCUT2D eigenvalue weighted by Crippen LogP contribution is 2.19. The van der Waals surface area contributed by atoms with Crippen LogP contribution >= 0.6 is 0 Å². The number of carbonyl (C=O) groups is 2. The number of methoxy groups -OCH3 is 1. The second kappa shape index (κ2) is 8.09. The molecule has 2 aromatic carbocycles. The van der Waals surface area contributed by atoms with Gasteiger partial charge in [0, 0.05) is 17.6 Å². The van der Waals surface area contributed by atoms with E-state index in [1.54, 1.807) is 36.5 Å². The number of rotatable bonds is 5. The van der Waals surface area contributed by atoms with E-state index in [1.807, 2.05) is 0 Å². The summed E-state index contributed by atoms with van der Waals surface area (Å²) in [6.45, 7) is 0. The number of esters is 1. The zero-order valence-corrected chi connectivity index (χ0v) is 14.4. The molecule has 0 aliphatic rings. The van der Waals surface area contributed by atoms with Crippen molar-refractivity contribution >= 4 is 28.9 Å². The van der Waals surface area contributed by atoms with Crippen molar-refractivity contribution in [3.63, 3.8) is 0 Å². The predicted octanol–water partition coefficient (Wildman–Crippen LogP) is 4.00. The first-order valence-electron chi connectivity index (χ1n) is 8.02. The molecule has 0 spiro atoms. The van der Waals surface area contributed by atoms with Crippen molar-refractivity contribution in [3.8, 4) is 0 Å². The molecule has 0 saturated heterocycles. The Bertz CT molecular complexity index is 974. The Morgan fingerprint density at radius 1 is 0.926 bits per heavy atom. The SMILES string of the molecule is COC(=O)c1cccc(Nc2cncc(C(=O)Nc3ccc(F)cc3)c2)c1. The number of nitrogens with zero attached hydrogens (tertiary/aromatic N) is 1. The molecule has 0 atom stereocenters. The number of halogens is 1. The number of amides is 1. The number of aromatic nitrogens is 1. The van der Waals surface area contributed by atoms with Crippen LogP contribution in [-0.4, -0.2) is 24.0 Å². The van der Waals surface area contributed by atoms with Gasteiger partial charge < -0.3 is 15.4 Å². The van der Waals surface area contributed by atoms with Crippen LogP contribution in [0.3, 0.4) is 0 Å². The molecule has 0 radical (unpaired) electrons. The first kappa shape index (κ1) is 18.1. The van der Waals surface area contributed by atoms with Gasteiger partial charge in [0.2, 0.25) is 0 Å². The fourth-order valence-corrected chi connectivity index (χ4v) is 2.38. The summed E-state index contributed by atoms with van der Waals surface area (Å²) in [5, 5.41) is 5.76. The topological polar surface area (TPSA) is 80.3 Å². The van der Waals surface area contributed by atoms with Gasteiger partial charge in [-0.25, -0.2) is 9.18 Å². The molecule has 27 heavy (non-hydrogen) atoms. The quantitative estimate of drug-likeness (QED) is 0.668. The molecule has 136 valence electrons. The Hall–Kier alpha value is -3.74. The lowest BCUT2D eigenvalue weighted by Gasteiger charge is -2.09. The Morgan fingerprint density at radius 3 is 2.41 bits per heavy atom. The van der Waals surface area contributed by atoms with Crippen LogP contribution in [0.1, 0.15) is 20.7 Å². The van der Waals surface area contributed by atoms with E-state index < -0.39 is 5.97 Å². The molecule has 3 rings (SSSR count). The van der Waals surface area contributed by atoms with Crippen molar-refractivity contribution < 1.29 is 18.7 Å². The molecule has 0 aliphatic heterocycles. The summed E-state index contributed by atoms with van der Waals surface area (Å²) in [6, 6.07) is 13.9. The van der Waals surface area contributed by atoms with Crippen LogP contribution in [0.5, 0.6) is 0 Å². The van der Waals surface area contributed by atoms with Gasteiger partial charge in [0.05, 0.1) is 30.1 Å². The molecule has 0 bridgehead atoms. The van der Waals surface area contributed by atoms with Crippen molar-refractivity contribution in [3.05, 3.63) is 83.9 Å². The summed E-state index contributed by atoms with van der Waals surface area (Å²) in [7, 11) is 1.32. The molecule has 2 N–H and O–H groups in total. The fourth-order valence-electron chi connectivity index (χ4n) is 2.38. The minimum absolute atomic E-state index is 0.327. The predicted molar refractivity (Wildman–Crippen MR) is 99.7 cm³/mol. The van der Waals surface area contributed by atoms with Crippen molar-refractivity contribution in [2.45, 2.75) is 0 Å². The summed E-state index contributed by atoms with van der Waals surface area (Å²) in [5.74, 6) is -1.19. The van der Waals surface area contributed by atoms with Gasteiger partial charge in [0.15, 0.2) is 0 Å². The molecular weight excluding hydrogens is 349 g/mol. The van der Waals surface area contributed by atoms with Crippen LogP contribution in [0.25, 0.3) is 0 Å². The molecule has 1 amide bonds. The smallest absolute Gasteiger partial charge is 0.337 e. The molecule has 1 heterocycles. The third-order valence-electron chi connectivity index (χ3n) is 3.67. The maximum Gasteiger partial charge on any atom is 0.337 e. The van der Waals surface area contributed by atoms with Gasteiger partial charge in [-0.1, -0.05) is 6.07 Å². The molecule has 1 aromatic heterocycles. The Balaban J connectivity index is 1.74. The van der Waals surface area contributed by atoms with Crippen molar-refractivity contribution in [2.24, 2.45) is 0 Å². The van der Waals surface area contributed by atoms with Gasteiger partial charge in [-0.05, 0) is 48.5 Å². The highest BCUT2D eigenvalue weighted by atomic mass is 19.1. The number of carbonyl (C=O) groups excluding carboxylic acids is 2. The van der Waals surface area contributed by atoms with E-state index in [-0.39, 0.29) is 11.7 Å². The maximum atomic E-state index is 12.9. The van der Waals surface area contributed by atoms with Crippen LogP contribution in [0.15, 0.2) is 67.0 Å². The van der Waals surface area contributed by atoms with Crippen molar-refractivity contribution in [2.75, 3.05) is 17.7 Å². The highest BCUT2D eigenvalue weighted by molar-refractivity contribution is 6.04. The van der Waals surface area contributed by atoms with E-state index >= 15 is 0 Å². The van der Waals surface area contributed by atoms with Gasteiger partial charge in [0.1, 0.15) is 5.82 Å². The van der Waals surface area contributed by atoms with Gasteiger partial charge in [-0.2, -0.15) is 0 Å². The number of hydrogen-bond donors (Lipinski definition) is 2. The van der Waals surface area contributed by atoms with Gasteiger partial charge in [0.25, 0.3) is 5.91 Å². The third kappa shape index (κ3) is 4.66. The molecule has 0 fully saturated rings. The second-order valence-electron chi connectivity index (χ2n) is 5.62. The maximum absolute atomic E-state index is 12.9. The molecular formula is C20H16FN3O3. The number of hydrogen-bond acceptors (Lipinski definition) is 5. The summed E-state index contributed by atoms with van der Waals surface area (Å²) >= 11 is 0. The van der Waals surface area contributed by atoms with E-state index in [1.165, 1.54) is 37.6 Å². The summed E-state index contributed by atoms with van der Waals surface area (Å²) < 4.78 is 17.6. The molecule has 3 aromatic rings. The summed E-state index contributed by atoms with van der Waals surface area (Å²) in [5.41, 5.74) is 2.43. The minimum atomic E-state index is -0.441. The van der Waals surface area contributed by atoms with Crippen LogP contribution in [0.4, 0.5) is 21.5 Å². The molecule has 0 aliphatic carbocycles. The lowest BCUT2D eigenvalue weighted by Crippen LogP contribution is -2.12. The van der Waals surface area contributed by atoms with E-state index in [2.05, 4.69) is 15.6 Å². The number of ether oxygens (including phenoxy) is 1. The van der Waals surface area contributed by atoms with Crippen LogP contribution < -0.4 is 10.6 Å². The third-order valence-corrected chi connectivity index (χ3v) is 3.67. The number of pyridine rings is 1. The van der Waals surface area contributed by atoms with Crippen LogP contribution in [-0.2, 0) is 4.74 Å². The molecule has 0 unspecified atom stereocenters. The van der Waals surface area contributed by atoms with Crippen LogP contribution in [0.2, 0.25) is 0 Å². The molecule has 0 saturated carbocycles. The van der Waals surface area contributed by atoms with Gasteiger partial charge in [-0.15, -0.1) is 0 Å². The zero-order chi connectivity index (χ0) is 19.2. The Kier molecular flexibility index (Phi) is 5.41. The van der Waals surface area contributed by atoms with Gasteiger partial charge >= 0.3 is 5.97 Å². The first-order valence-corrected chi connectivity index (χ1v) is 8.02. The lowest BCUT2D eigenvalue weighted by atomic mass is 10.2. The second-order valence-corrected chi connectivity index (χ2v) is 5.62. The van der Waals surface area contributed by atoms with E-state index in [0.717, 1.165) is 0 Å². The number of benzene rings is 2. The minimum Gasteiger partial charge on any atom is -0.465 e. The summed E-state index contributed by atoms with van der Waals surface area (Å²) in [4.78, 5) is 28.0. The van der Waals surface area contributed by atoms with E-state index in [4.69, 9.17) is 4.74 Å². The normalized spacial score (nSPS) is 10.1. The van der Waals surface area contributed by atoms with E-state index in [9.17, 15) is 14.0 Å².